The molecule has 0 fully saturated rings. The van der Waals surface area contributed by atoms with Crippen LogP contribution in [0.4, 0.5) is 0 Å². The fourth-order valence-corrected chi connectivity index (χ4v) is 1.44. The van der Waals surface area contributed by atoms with Gasteiger partial charge in [-0.25, -0.2) is 4.63 Å². The Kier molecular flexibility index (Phi) is 2.00. The van der Waals surface area contributed by atoms with E-state index < -0.39 is 0 Å². The Morgan fingerprint density at radius 1 is 1.38 bits per heavy atom. The molecule has 0 aliphatic rings. The molecular formula is C10H12N2O. The third-order valence-electron chi connectivity index (χ3n) is 2.46. The molecule has 1 aromatic heterocycles. The topological polar surface area (TPSA) is 38.9 Å². The third-order valence-corrected chi connectivity index (χ3v) is 2.46. The van der Waals surface area contributed by atoms with Gasteiger partial charge in [0.05, 0.1) is 0 Å². The van der Waals surface area contributed by atoms with Gasteiger partial charge in [-0.15, -0.1) is 0 Å². The summed E-state index contributed by atoms with van der Waals surface area (Å²) >= 11 is 0. The molecule has 0 aliphatic carbocycles. The zero-order chi connectivity index (χ0) is 9.26. The number of benzene rings is 1. The van der Waals surface area contributed by atoms with Crippen molar-refractivity contribution < 1.29 is 4.63 Å². The standard InChI is InChI=1S/C10H12N2O/c1-3-7(2)8-5-4-6-9-10(8)12-13-11-9/h4-7H,3H2,1-2H3. The summed E-state index contributed by atoms with van der Waals surface area (Å²) < 4.78 is 4.70. The zero-order valence-electron chi connectivity index (χ0n) is 7.82. The molecule has 2 aromatic rings. The minimum Gasteiger partial charge on any atom is -0.243 e. The van der Waals surface area contributed by atoms with Crippen LogP contribution in [0.3, 0.4) is 0 Å². The van der Waals surface area contributed by atoms with E-state index in [-0.39, 0.29) is 0 Å². The van der Waals surface area contributed by atoms with Gasteiger partial charge in [-0.1, -0.05) is 26.0 Å². The smallest absolute Gasteiger partial charge is 0.138 e. The van der Waals surface area contributed by atoms with Crippen molar-refractivity contribution in [2.45, 2.75) is 26.2 Å². The van der Waals surface area contributed by atoms with E-state index in [1.54, 1.807) is 0 Å². The first-order valence-corrected chi connectivity index (χ1v) is 4.54. The molecule has 1 heterocycles. The molecule has 2 rings (SSSR count). The maximum absolute atomic E-state index is 4.70. The number of fused-ring (bicyclic) bond motifs is 1. The average molecular weight is 176 g/mol. The van der Waals surface area contributed by atoms with Gasteiger partial charge in [0.15, 0.2) is 0 Å². The Hall–Kier alpha value is -1.38. The van der Waals surface area contributed by atoms with Crippen LogP contribution < -0.4 is 0 Å². The average Bonchev–Trinajstić information content (AvgIpc) is 2.63. The van der Waals surface area contributed by atoms with Gasteiger partial charge in [0, 0.05) is 0 Å². The van der Waals surface area contributed by atoms with Crippen molar-refractivity contribution in [2.24, 2.45) is 0 Å². The highest BCUT2D eigenvalue weighted by atomic mass is 16.6. The van der Waals surface area contributed by atoms with E-state index in [0.717, 1.165) is 17.5 Å². The third kappa shape index (κ3) is 1.30. The normalized spacial score (nSPS) is 13.4. The van der Waals surface area contributed by atoms with Gasteiger partial charge in [0.25, 0.3) is 0 Å². The lowest BCUT2D eigenvalue weighted by Gasteiger charge is -2.07. The van der Waals surface area contributed by atoms with Crippen molar-refractivity contribution in [3.8, 4) is 0 Å². The number of aromatic nitrogens is 2. The van der Waals surface area contributed by atoms with Gasteiger partial charge < -0.3 is 0 Å². The highest BCUT2D eigenvalue weighted by molar-refractivity contribution is 5.77. The second kappa shape index (κ2) is 3.17. The van der Waals surface area contributed by atoms with Crippen LogP contribution in [0.2, 0.25) is 0 Å². The molecular weight excluding hydrogens is 164 g/mol. The fourth-order valence-electron chi connectivity index (χ4n) is 1.44. The van der Waals surface area contributed by atoms with E-state index in [4.69, 9.17) is 4.63 Å². The Morgan fingerprint density at radius 3 is 3.00 bits per heavy atom. The summed E-state index contributed by atoms with van der Waals surface area (Å²) in [5.41, 5.74) is 2.97. The maximum Gasteiger partial charge on any atom is 0.138 e. The fraction of sp³-hybridized carbons (Fsp3) is 0.400. The van der Waals surface area contributed by atoms with Crippen molar-refractivity contribution in [2.75, 3.05) is 0 Å². The lowest BCUT2D eigenvalue weighted by Crippen LogP contribution is -1.92. The van der Waals surface area contributed by atoms with E-state index in [1.807, 2.05) is 12.1 Å². The highest BCUT2D eigenvalue weighted by Crippen LogP contribution is 2.24. The predicted molar refractivity (Wildman–Crippen MR) is 50.5 cm³/mol. The van der Waals surface area contributed by atoms with Gasteiger partial charge in [-0.2, -0.15) is 0 Å². The van der Waals surface area contributed by atoms with Crippen LogP contribution in [0, 0.1) is 0 Å². The maximum atomic E-state index is 4.70. The Bertz CT molecular complexity index is 408. The molecule has 13 heavy (non-hydrogen) atoms. The molecule has 0 spiro atoms. The van der Waals surface area contributed by atoms with Crippen LogP contribution >= 0.6 is 0 Å². The highest BCUT2D eigenvalue weighted by Gasteiger charge is 2.10. The van der Waals surface area contributed by atoms with Crippen molar-refractivity contribution in [3.05, 3.63) is 23.8 Å². The van der Waals surface area contributed by atoms with Gasteiger partial charge in [-0.05, 0) is 34.3 Å². The van der Waals surface area contributed by atoms with Crippen molar-refractivity contribution >= 4 is 11.0 Å². The van der Waals surface area contributed by atoms with Gasteiger partial charge >= 0.3 is 0 Å². The van der Waals surface area contributed by atoms with Crippen LogP contribution in [-0.4, -0.2) is 10.3 Å². The molecule has 0 bridgehead atoms. The van der Waals surface area contributed by atoms with Gasteiger partial charge in [0.1, 0.15) is 11.0 Å². The van der Waals surface area contributed by atoms with Crippen LogP contribution in [0.5, 0.6) is 0 Å². The minimum absolute atomic E-state index is 0.510. The van der Waals surface area contributed by atoms with Crippen LogP contribution in [0.25, 0.3) is 11.0 Å². The van der Waals surface area contributed by atoms with Crippen molar-refractivity contribution in [1.29, 1.82) is 0 Å². The number of hydrogen-bond acceptors (Lipinski definition) is 3. The number of hydrogen-bond donors (Lipinski definition) is 0. The summed E-state index contributed by atoms with van der Waals surface area (Å²) in [7, 11) is 0. The summed E-state index contributed by atoms with van der Waals surface area (Å²) in [5, 5.41) is 7.71. The number of rotatable bonds is 2. The van der Waals surface area contributed by atoms with E-state index in [2.05, 4.69) is 30.2 Å². The van der Waals surface area contributed by atoms with Crippen LogP contribution in [-0.2, 0) is 0 Å². The molecule has 0 N–H and O–H groups in total. The molecule has 0 saturated heterocycles. The van der Waals surface area contributed by atoms with E-state index in [0.29, 0.717) is 5.92 Å². The van der Waals surface area contributed by atoms with Crippen molar-refractivity contribution in [1.82, 2.24) is 10.3 Å². The molecule has 1 unspecified atom stereocenters. The second-order valence-electron chi connectivity index (χ2n) is 3.29. The van der Waals surface area contributed by atoms with E-state index >= 15 is 0 Å². The van der Waals surface area contributed by atoms with Crippen LogP contribution in [0.1, 0.15) is 31.7 Å². The summed E-state index contributed by atoms with van der Waals surface area (Å²) in [6.45, 7) is 4.35. The molecule has 0 aliphatic heterocycles. The van der Waals surface area contributed by atoms with Gasteiger partial charge in [-0.3, -0.25) is 0 Å². The van der Waals surface area contributed by atoms with Crippen LogP contribution in [0.15, 0.2) is 22.8 Å². The largest absolute Gasteiger partial charge is 0.243 e. The Balaban J connectivity index is 2.60. The number of nitrogens with zero attached hydrogens (tertiary/aromatic N) is 2. The van der Waals surface area contributed by atoms with Gasteiger partial charge in [0.2, 0.25) is 0 Å². The molecule has 1 atom stereocenters. The summed E-state index contributed by atoms with van der Waals surface area (Å²) in [4.78, 5) is 0. The van der Waals surface area contributed by atoms with Crippen molar-refractivity contribution in [3.63, 3.8) is 0 Å². The quantitative estimate of drug-likeness (QED) is 0.706. The molecule has 0 radical (unpaired) electrons. The first kappa shape index (κ1) is 8.23. The molecule has 1 aromatic carbocycles. The monoisotopic (exact) mass is 176 g/mol. The molecule has 68 valence electrons. The lowest BCUT2D eigenvalue weighted by atomic mass is 9.97. The summed E-state index contributed by atoms with van der Waals surface area (Å²) in [6.07, 6.45) is 1.10. The Labute approximate surface area is 76.7 Å². The Morgan fingerprint density at radius 2 is 2.23 bits per heavy atom. The molecule has 0 saturated carbocycles. The predicted octanol–water partition coefficient (Wildman–Crippen LogP) is 2.74. The van der Waals surface area contributed by atoms with E-state index in [9.17, 15) is 0 Å². The summed E-state index contributed by atoms with van der Waals surface area (Å²) in [5.74, 6) is 0.510. The molecule has 0 amide bonds. The molecule has 3 heteroatoms. The first-order valence-electron chi connectivity index (χ1n) is 4.54. The SMILES string of the molecule is CCC(C)c1cccc2nonc12. The lowest BCUT2D eigenvalue weighted by molar-refractivity contribution is 0.315. The van der Waals surface area contributed by atoms with E-state index in [1.165, 1.54) is 5.56 Å². The second-order valence-corrected chi connectivity index (χ2v) is 3.29. The summed E-state index contributed by atoms with van der Waals surface area (Å²) in [6, 6.07) is 5.99. The zero-order valence-corrected chi connectivity index (χ0v) is 7.82. The first-order chi connectivity index (χ1) is 6.33. The minimum atomic E-state index is 0.510. The molecule has 3 nitrogen and oxygen atoms in total.